The van der Waals surface area contributed by atoms with Crippen LogP contribution in [0.3, 0.4) is 0 Å². The smallest absolute Gasteiger partial charge is 0.220 e. The molecule has 1 amide bonds. The van der Waals surface area contributed by atoms with Gasteiger partial charge in [-0.1, -0.05) is 138 Å². The highest BCUT2D eigenvalue weighted by molar-refractivity contribution is 5.76. The van der Waals surface area contributed by atoms with Gasteiger partial charge in [0.05, 0.1) is 25.4 Å². The number of ether oxygens (including phenoxy) is 2. The van der Waals surface area contributed by atoms with Gasteiger partial charge >= 0.3 is 0 Å². The lowest BCUT2D eigenvalue weighted by molar-refractivity contribution is -0.302. The molecule has 9 nitrogen and oxygen atoms in total. The Bertz CT molecular complexity index is 1020. The molecular weight excluding hydrogens is 646 g/mol. The molecule has 1 aliphatic rings. The lowest BCUT2D eigenvalue weighted by atomic mass is 9.99. The highest BCUT2D eigenvalue weighted by Crippen LogP contribution is 2.22. The maximum atomic E-state index is 12.7. The Labute approximate surface area is 308 Å². The largest absolute Gasteiger partial charge is 0.394 e. The van der Waals surface area contributed by atoms with Crippen LogP contribution in [0.4, 0.5) is 0 Å². The SMILES string of the molecule is CC/C=C\C/C=C\C/C=C\C/C=C\C/C=C\CCCCCCCCCCCC(=O)NC(COC1OC(CO)C(O)C(O)C1O)C(O)/C=C/CCC. The summed E-state index contributed by atoms with van der Waals surface area (Å²) in [4.78, 5) is 12.7. The van der Waals surface area contributed by atoms with Gasteiger partial charge in [-0.25, -0.2) is 0 Å². The summed E-state index contributed by atoms with van der Waals surface area (Å²) in [6, 6.07) is -0.807. The maximum Gasteiger partial charge on any atom is 0.220 e. The molecule has 1 saturated heterocycles. The van der Waals surface area contributed by atoms with Gasteiger partial charge in [0, 0.05) is 6.42 Å². The van der Waals surface area contributed by atoms with E-state index in [-0.39, 0.29) is 12.5 Å². The van der Waals surface area contributed by atoms with E-state index in [1.54, 1.807) is 6.08 Å². The molecule has 0 saturated carbocycles. The number of aliphatic hydroxyl groups excluding tert-OH is 5. The Hall–Kier alpha value is -2.37. The normalized spacial score (nSPS) is 22.8. The van der Waals surface area contributed by atoms with E-state index in [1.165, 1.54) is 32.1 Å². The van der Waals surface area contributed by atoms with Crippen LogP contribution in [0.5, 0.6) is 0 Å². The molecule has 9 heteroatoms. The second kappa shape index (κ2) is 32.3. The summed E-state index contributed by atoms with van der Waals surface area (Å²) in [6.07, 6.45) is 36.1. The molecule has 1 fully saturated rings. The van der Waals surface area contributed by atoms with Crippen LogP contribution in [0, 0.1) is 0 Å². The first-order chi connectivity index (χ1) is 24.8. The van der Waals surface area contributed by atoms with Crippen LogP contribution >= 0.6 is 0 Å². The zero-order valence-corrected chi connectivity index (χ0v) is 31.6. The quantitative estimate of drug-likeness (QED) is 0.0342. The summed E-state index contributed by atoms with van der Waals surface area (Å²) >= 11 is 0. The highest BCUT2D eigenvalue weighted by atomic mass is 16.7. The number of aliphatic hydroxyl groups is 5. The Balaban J connectivity index is 2.15. The molecule has 0 radical (unpaired) electrons. The van der Waals surface area contributed by atoms with E-state index in [9.17, 15) is 30.3 Å². The van der Waals surface area contributed by atoms with Crippen LogP contribution in [0.1, 0.15) is 129 Å². The zero-order valence-electron chi connectivity index (χ0n) is 31.6. The van der Waals surface area contributed by atoms with Crippen molar-refractivity contribution in [2.75, 3.05) is 13.2 Å². The average molecular weight is 718 g/mol. The predicted molar refractivity (Wildman–Crippen MR) is 207 cm³/mol. The molecule has 292 valence electrons. The van der Waals surface area contributed by atoms with Crippen molar-refractivity contribution in [1.29, 1.82) is 0 Å². The third-order valence-corrected chi connectivity index (χ3v) is 8.77. The summed E-state index contributed by atoms with van der Waals surface area (Å²) in [5, 5.41) is 53.3. The molecule has 0 aliphatic carbocycles. The molecule has 1 rings (SSSR count). The summed E-state index contributed by atoms with van der Waals surface area (Å²) in [5.74, 6) is -0.201. The van der Waals surface area contributed by atoms with E-state index < -0.39 is 49.5 Å². The van der Waals surface area contributed by atoms with Gasteiger partial charge in [0.15, 0.2) is 6.29 Å². The third-order valence-electron chi connectivity index (χ3n) is 8.77. The molecular formula is C42H71NO8. The van der Waals surface area contributed by atoms with Crippen LogP contribution in [-0.2, 0) is 14.3 Å². The van der Waals surface area contributed by atoms with Crippen molar-refractivity contribution in [3.05, 3.63) is 72.9 Å². The molecule has 0 aromatic carbocycles. The van der Waals surface area contributed by atoms with Gasteiger partial charge < -0.3 is 40.3 Å². The van der Waals surface area contributed by atoms with Crippen LogP contribution in [0.25, 0.3) is 0 Å². The molecule has 1 heterocycles. The molecule has 1 aliphatic heterocycles. The van der Waals surface area contributed by atoms with Gasteiger partial charge in [0.25, 0.3) is 0 Å². The number of hydrogen-bond acceptors (Lipinski definition) is 8. The Morgan fingerprint density at radius 2 is 1.22 bits per heavy atom. The van der Waals surface area contributed by atoms with E-state index in [0.29, 0.717) is 6.42 Å². The van der Waals surface area contributed by atoms with Gasteiger partial charge in [-0.3, -0.25) is 4.79 Å². The molecule has 0 aromatic rings. The van der Waals surface area contributed by atoms with Gasteiger partial charge in [0.1, 0.15) is 24.4 Å². The number of carbonyl (C=O) groups excluding carboxylic acids is 1. The van der Waals surface area contributed by atoms with E-state index in [4.69, 9.17) is 9.47 Å². The minimum Gasteiger partial charge on any atom is -0.394 e. The van der Waals surface area contributed by atoms with Gasteiger partial charge in [-0.15, -0.1) is 0 Å². The Morgan fingerprint density at radius 1 is 0.686 bits per heavy atom. The predicted octanol–water partition coefficient (Wildman–Crippen LogP) is 7.05. The minimum absolute atomic E-state index is 0.200. The molecule has 0 bridgehead atoms. The van der Waals surface area contributed by atoms with Gasteiger partial charge in [-0.2, -0.15) is 0 Å². The fraction of sp³-hybridized carbons (Fsp3) is 0.690. The first-order valence-electron chi connectivity index (χ1n) is 19.7. The van der Waals surface area contributed by atoms with Gasteiger partial charge in [-0.05, 0) is 57.8 Å². The molecule has 51 heavy (non-hydrogen) atoms. The van der Waals surface area contributed by atoms with Crippen molar-refractivity contribution in [2.24, 2.45) is 0 Å². The van der Waals surface area contributed by atoms with Crippen molar-refractivity contribution >= 4 is 5.91 Å². The van der Waals surface area contributed by atoms with E-state index in [2.05, 4.69) is 73.0 Å². The van der Waals surface area contributed by atoms with Crippen LogP contribution in [0.15, 0.2) is 72.9 Å². The van der Waals surface area contributed by atoms with Crippen molar-refractivity contribution < 1.29 is 39.8 Å². The van der Waals surface area contributed by atoms with Crippen molar-refractivity contribution in [2.45, 2.75) is 172 Å². The molecule has 7 unspecified atom stereocenters. The monoisotopic (exact) mass is 718 g/mol. The summed E-state index contributed by atoms with van der Waals surface area (Å²) in [5.41, 5.74) is 0. The number of allylic oxidation sites excluding steroid dienone is 11. The minimum atomic E-state index is -1.57. The van der Waals surface area contributed by atoms with Gasteiger partial charge in [0.2, 0.25) is 5.91 Å². The molecule has 0 spiro atoms. The maximum absolute atomic E-state index is 12.7. The lowest BCUT2D eigenvalue weighted by Crippen LogP contribution is -2.60. The first-order valence-corrected chi connectivity index (χ1v) is 19.7. The van der Waals surface area contributed by atoms with E-state index >= 15 is 0 Å². The number of hydrogen-bond donors (Lipinski definition) is 6. The highest BCUT2D eigenvalue weighted by Gasteiger charge is 2.44. The number of rotatable bonds is 30. The molecule has 6 N–H and O–H groups in total. The third kappa shape index (κ3) is 23.7. The van der Waals surface area contributed by atoms with Crippen molar-refractivity contribution in [1.82, 2.24) is 5.32 Å². The molecule has 0 aromatic heterocycles. The molecule has 7 atom stereocenters. The number of carbonyl (C=O) groups is 1. The summed E-state index contributed by atoms with van der Waals surface area (Å²) in [6.45, 7) is 3.40. The summed E-state index contributed by atoms with van der Waals surface area (Å²) < 4.78 is 11.0. The fourth-order valence-corrected chi connectivity index (χ4v) is 5.60. The topological polar surface area (TPSA) is 149 Å². The van der Waals surface area contributed by atoms with Crippen LogP contribution in [-0.4, -0.2) is 87.5 Å². The van der Waals surface area contributed by atoms with E-state index in [1.807, 2.05) is 13.0 Å². The van der Waals surface area contributed by atoms with E-state index in [0.717, 1.165) is 77.0 Å². The lowest BCUT2D eigenvalue weighted by Gasteiger charge is -2.40. The number of unbranched alkanes of at least 4 members (excludes halogenated alkanes) is 10. The Morgan fingerprint density at radius 3 is 1.76 bits per heavy atom. The fourth-order valence-electron chi connectivity index (χ4n) is 5.60. The van der Waals surface area contributed by atoms with Crippen LogP contribution in [0.2, 0.25) is 0 Å². The second-order valence-corrected chi connectivity index (χ2v) is 13.3. The number of amides is 1. The first kappa shape index (κ1) is 46.7. The van der Waals surface area contributed by atoms with Crippen molar-refractivity contribution in [3.63, 3.8) is 0 Å². The zero-order chi connectivity index (χ0) is 37.4. The standard InChI is InChI=1S/C42H71NO8/c1-3-5-7-8-9-10-11-12-13-14-15-16-17-18-19-20-21-22-23-24-25-26-27-28-30-32-38(46)43-35(36(45)31-29-6-4-2)34-50-42-41(49)40(48)39(47)37(33-44)51-42/h5,7,9-10,12-13,15-16,18-19,29,31,35-37,39-42,44-45,47-49H,3-4,6,8,11,14,17,20-28,30,32-34H2,1-2H3,(H,43,46)/b7-5-,10-9-,13-12-,16-15-,19-18-,31-29+. The van der Waals surface area contributed by atoms with Crippen molar-refractivity contribution in [3.8, 4) is 0 Å². The summed E-state index contributed by atoms with van der Waals surface area (Å²) in [7, 11) is 0. The number of nitrogens with one attached hydrogen (secondary N) is 1. The van der Waals surface area contributed by atoms with Crippen LogP contribution < -0.4 is 5.32 Å². The average Bonchev–Trinajstić information content (AvgIpc) is 3.13. The Kier molecular flexibility index (Phi) is 29.5. The second-order valence-electron chi connectivity index (χ2n) is 13.3.